The lowest BCUT2D eigenvalue weighted by atomic mass is 9.95. The van der Waals surface area contributed by atoms with E-state index in [0.29, 0.717) is 18.6 Å². The number of fused-ring (bicyclic) bond motifs is 2. The Morgan fingerprint density at radius 1 is 1.35 bits per heavy atom. The van der Waals surface area contributed by atoms with Crippen LogP contribution in [0.2, 0.25) is 0 Å². The fourth-order valence-electron chi connectivity index (χ4n) is 3.55. The molecule has 2 rings (SSSR count). The molecule has 1 amide bonds. The van der Waals surface area contributed by atoms with Gasteiger partial charge in [-0.25, -0.2) is 0 Å². The van der Waals surface area contributed by atoms with E-state index in [1.54, 1.807) is 0 Å². The Bertz CT molecular complexity index is 267. The largest absolute Gasteiger partial charge is 0.353 e. The number of hydrogen-bond donors (Lipinski definition) is 2. The van der Waals surface area contributed by atoms with E-state index in [0.717, 1.165) is 24.7 Å². The van der Waals surface area contributed by atoms with Crippen LogP contribution in [0.1, 0.15) is 52.4 Å². The predicted octanol–water partition coefficient (Wildman–Crippen LogP) is 2.07. The first-order valence-electron chi connectivity index (χ1n) is 7.21. The Labute approximate surface area is 105 Å². The third-order valence-electron chi connectivity index (χ3n) is 4.39. The summed E-state index contributed by atoms with van der Waals surface area (Å²) in [5.74, 6) is 1.95. The summed E-state index contributed by atoms with van der Waals surface area (Å²) < 4.78 is 0. The summed E-state index contributed by atoms with van der Waals surface area (Å²) in [6.45, 7) is 4.73. The van der Waals surface area contributed by atoms with Crippen LogP contribution in [-0.2, 0) is 4.79 Å². The van der Waals surface area contributed by atoms with Crippen molar-refractivity contribution in [2.24, 2.45) is 11.8 Å². The Balaban J connectivity index is 1.63. The molecule has 3 heteroatoms. The molecule has 0 heterocycles. The van der Waals surface area contributed by atoms with Gasteiger partial charge in [0, 0.05) is 12.1 Å². The molecular formula is C14H26N2O. The van der Waals surface area contributed by atoms with E-state index >= 15 is 0 Å². The lowest BCUT2D eigenvalue weighted by Gasteiger charge is -2.23. The maximum absolute atomic E-state index is 11.7. The quantitative estimate of drug-likeness (QED) is 0.744. The van der Waals surface area contributed by atoms with Gasteiger partial charge < -0.3 is 10.6 Å². The lowest BCUT2D eigenvalue weighted by molar-refractivity contribution is -0.121. The van der Waals surface area contributed by atoms with Crippen LogP contribution < -0.4 is 10.6 Å². The van der Waals surface area contributed by atoms with Crippen LogP contribution in [0.5, 0.6) is 0 Å². The molecule has 0 saturated heterocycles. The van der Waals surface area contributed by atoms with Gasteiger partial charge in [0.15, 0.2) is 0 Å². The van der Waals surface area contributed by atoms with Crippen LogP contribution in [-0.4, -0.2) is 24.5 Å². The predicted molar refractivity (Wildman–Crippen MR) is 69.8 cm³/mol. The Morgan fingerprint density at radius 2 is 2.18 bits per heavy atom. The second-order valence-electron chi connectivity index (χ2n) is 5.92. The Hall–Kier alpha value is -0.570. The molecule has 2 N–H and O–H groups in total. The molecule has 2 aliphatic rings. The number of hydrogen-bond acceptors (Lipinski definition) is 2. The first-order valence-corrected chi connectivity index (χ1v) is 7.21. The Morgan fingerprint density at radius 3 is 2.76 bits per heavy atom. The molecule has 0 aromatic rings. The standard InChI is InChI=1S/C14H26N2O/c1-3-4-10(2)16-14(17)9-15-13-8-11-5-6-12(13)7-11/h10-13,15H,3-9H2,1-2H3,(H,16,17). The second kappa shape index (κ2) is 5.85. The van der Waals surface area contributed by atoms with Crippen molar-refractivity contribution in [1.82, 2.24) is 10.6 Å². The van der Waals surface area contributed by atoms with Crippen molar-refractivity contribution in [3.63, 3.8) is 0 Å². The van der Waals surface area contributed by atoms with Crippen LogP contribution in [0.3, 0.4) is 0 Å². The number of carbonyl (C=O) groups is 1. The van der Waals surface area contributed by atoms with Gasteiger partial charge in [0.05, 0.1) is 6.54 Å². The minimum atomic E-state index is 0.161. The second-order valence-corrected chi connectivity index (χ2v) is 5.92. The van der Waals surface area contributed by atoms with Crippen molar-refractivity contribution in [2.45, 2.75) is 64.5 Å². The van der Waals surface area contributed by atoms with Gasteiger partial charge in [-0.05, 0) is 44.4 Å². The first-order chi connectivity index (χ1) is 8.19. The molecule has 0 aromatic heterocycles. The van der Waals surface area contributed by atoms with E-state index in [1.165, 1.54) is 25.7 Å². The highest BCUT2D eigenvalue weighted by atomic mass is 16.1. The molecule has 2 fully saturated rings. The number of rotatable bonds is 6. The normalized spacial score (nSPS) is 32.7. The molecule has 0 aliphatic heterocycles. The van der Waals surface area contributed by atoms with Gasteiger partial charge in [-0.15, -0.1) is 0 Å². The topological polar surface area (TPSA) is 41.1 Å². The summed E-state index contributed by atoms with van der Waals surface area (Å²) in [5.41, 5.74) is 0. The van der Waals surface area contributed by atoms with E-state index in [2.05, 4.69) is 24.5 Å². The number of nitrogens with one attached hydrogen (secondary N) is 2. The molecule has 98 valence electrons. The van der Waals surface area contributed by atoms with Crippen molar-refractivity contribution in [3.05, 3.63) is 0 Å². The maximum atomic E-state index is 11.7. The highest BCUT2D eigenvalue weighted by Crippen LogP contribution is 2.44. The molecule has 0 spiro atoms. The summed E-state index contributed by atoms with van der Waals surface area (Å²) in [5, 5.41) is 6.50. The van der Waals surface area contributed by atoms with Crippen molar-refractivity contribution in [3.8, 4) is 0 Å². The van der Waals surface area contributed by atoms with Crippen molar-refractivity contribution < 1.29 is 4.79 Å². The van der Waals surface area contributed by atoms with E-state index in [4.69, 9.17) is 0 Å². The summed E-state index contributed by atoms with van der Waals surface area (Å²) in [4.78, 5) is 11.7. The lowest BCUT2D eigenvalue weighted by Crippen LogP contribution is -2.43. The zero-order chi connectivity index (χ0) is 12.3. The van der Waals surface area contributed by atoms with E-state index in [1.807, 2.05) is 0 Å². The van der Waals surface area contributed by atoms with Gasteiger partial charge in [0.25, 0.3) is 0 Å². The molecule has 0 aromatic carbocycles. The average molecular weight is 238 g/mol. The minimum absolute atomic E-state index is 0.161. The third kappa shape index (κ3) is 3.44. The van der Waals surface area contributed by atoms with E-state index in [-0.39, 0.29) is 5.91 Å². The molecule has 4 unspecified atom stereocenters. The van der Waals surface area contributed by atoms with Crippen LogP contribution in [0, 0.1) is 11.8 Å². The number of carbonyl (C=O) groups excluding carboxylic acids is 1. The SMILES string of the molecule is CCCC(C)NC(=O)CNC1CC2CCC1C2. The number of amides is 1. The van der Waals surface area contributed by atoms with Gasteiger partial charge in [-0.3, -0.25) is 4.79 Å². The first kappa shape index (κ1) is 12.9. The van der Waals surface area contributed by atoms with Crippen LogP contribution in [0.25, 0.3) is 0 Å². The summed E-state index contributed by atoms with van der Waals surface area (Å²) in [6, 6.07) is 0.926. The molecule has 2 aliphatic carbocycles. The van der Waals surface area contributed by atoms with Gasteiger partial charge in [0.1, 0.15) is 0 Å². The molecule has 2 bridgehead atoms. The van der Waals surface area contributed by atoms with Gasteiger partial charge in [-0.1, -0.05) is 19.8 Å². The van der Waals surface area contributed by atoms with Crippen LogP contribution >= 0.6 is 0 Å². The third-order valence-corrected chi connectivity index (χ3v) is 4.39. The van der Waals surface area contributed by atoms with E-state index in [9.17, 15) is 4.79 Å². The summed E-state index contributed by atoms with van der Waals surface area (Å²) in [6.07, 6.45) is 7.67. The zero-order valence-electron chi connectivity index (χ0n) is 11.2. The maximum Gasteiger partial charge on any atom is 0.234 e. The van der Waals surface area contributed by atoms with Gasteiger partial charge >= 0.3 is 0 Å². The van der Waals surface area contributed by atoms with Crippen LogP contribution in [0.4, 0.5) is 0 Å². The average Bonchev–Trinajstić information content (AvgIpc) is 2.88. The fourth-order valence-corrected chi connectivity index (χ4v) is 3.55. The smallest absolute Gasteiger partial charge is 0.234 e. The summed E-state index contributed by atoms with van der Waals surface area (Å²) >= 11 is 0. The molecule has 2 saturated carbocycles. The molecule has 4 atom stereocenters. The zero-order valence-corrected chi connectivity index (χ0v) is 11.2. The minimum Gasteiger partial charge on any atom is -0.353 e. The molecular weight excluding hydrogens is 212 g/mol. The van der Waals surface area contributed by atoms with Gasteiger partial charge in [0.2, 0.25) is 5.91 Å². The molecule has 3 nitrogen and oxygen atoms in total. The van der Waals surface area contributed by atoms with Gasteiger partial charge in [-0.2, -0.15) is 0 Å². The van der Waals surface area contributed by atoms with Crippen molar-refractivity contribution >= 4 is 5.91 Å². The van der Waals surface area contributed by atoms with Crippen molar-refractivity contribution in [2.75, 3.05) is 6.54 Å². The molecule has 0 radical (unpaired) electrons. The van der Waals surface area contributed by atoms with E-state index < -0.39 is 0 Å². The molecule has 17 heavy (non-hydrogen) atoms. The Kier molecular flexibility index (Phi) is 4.43. The fraction of sp³-hybridized carbons (Fsp3) is 0.929. The van der Waals surface area contributed by atoms with Crippen LogP contribution in [0.15, 0.2) is 0 Å². The summed E-state index contributed by atoms with van der Waals surface area (Å²) in [7, 11) is 0. The highest BCUT2D eigenvalue weighted by Gasteiger charge is 2.39. The monoisotopic (exact) mass is 238 g/mol. The van der Waals surface area contributed by atoms with Crippen molar-refractivity contribution in [1.29, 1.82) is 0 Å². The highest BCUT2D eigenvalue weighted by molar-refractivity contribution is 5.78.